The molecule has 1 N–H and O–H groups in total. The molecule has 2 saturated heterocycles. The average Bonchev–Trinajstić information content (AvgIpc) is 3.32. The van der Waals surface area contributed by atoms with Crippen LogP contribution >= 0.6 is 24.0 Å². The van der Waals surface area contributed by atoms with E-state index in [0.29, 0.717) is 34.5 Å². The minimum absolute atomic E-state index is 0.141. The molecule has 1 amide bonds. The van der Waals surface area contributed by atoms with Gasteiger partial charge in [0.15, 0.2) is 0 Å². The van der Waals surface area contributed by atoms with Crippen LogP contribution in [0.5, 0.6) is 5.75 Å². The number of rotatable bonds is 10. The zero-order chi connectivity index (χ0) is 30.5. The van der Waals surface area contributed by atoms with Crippen LogP contribution in [0.1, 0.15) is 21.5 Å². The quantitative estimate of drug-likeness (QED) is 0.161. The van der Waals surface area contributed by atoms with Gasteiger partial charge in [0.2, 0.25) is 0 Å². The second-order valence-electron chi connectivity index (χ2n) is 10.7. The van der Waals surface area contributed by atoms with Crippen LogP contribution in [0.4, 0.5) is 0 Å². The van der Waals surface area contributed by atoms with Gasteiger partial charge < -0.3 is 14.6 Å². The Balaban J connectivity index is 1.23. The van der Waals surface area contributed by atoms with Crippen LogP contribution in [0.15, 0.2) is 89.8 Å². The van der Waals surface area contributed by atoms with Crippen LogP contribution in [-0.4, -0.2) is 77.1 Å². The van der Waals surface area contributed by atoms with Gasteiger partial charge in [-0.1, -0.05) is 78.6 Å². The van der Waals surface area contributed by atoms with Crippen LogP contribution in [-0.2, 0) is 16.0 Å². The number of benzene rings is 4. The molecule has 9 heteroatoms. The Morgan fingerprint density at radius 1 is 0.932 bits per heavy atom. The standard InChI is InChI=1S/C35H32N2O5S2/c38-33-32(44-35(43)37(33)14-13-24-5-7-26(8-6-24)34(39)40)23-30-22-29(28-10-9-25-3-1-2-4-27(25)21-28)11-12-31(30)42-20-17-36-15-18-41-19-16-36/h1-12,21-23H,13-20H2,(H,39,40)/b32-23-. The lowest BCUT2D eigenvalue weighted by Gasteiger charge is -2.26. The summed E-state index contributed by atoms with van der Waals surface area (Å²) in [7, 11) is 0. The van der Waals surface area contributed by atoms with Crippen molar-refractivity contribution in [3.05, 3.63) is 107 Å². The molecule has 2 aliphatic heterocycles. The van der Waals surface area contributed by atoms with Crippen molar-refractivity contribution in [3.63, 3.8) is 0 Å². The monoisotopic (exact) mass is 624 g/mol. The van der Waals surface area contributed by atoms with Crippen LogP contribution in [0, 0.1) is 0 Å². The van der Waals surface area contributed by atoms with Crippen LogP contribution < -0.4 is 4.74 Å². The maximum absolute atomic E-state index is 13.5. The number of carboxylic acids is 1. The predicted molar refractivity (Wildman–Crippen MR) is 179 cm³/mol. The van der Waals surface area contributed by atoms with Crippen molar-refractivity contribution < 1.29 is 24.2 Å². The number of thioether (sulfide) groups is 1. The predicted octanol–water partition coefficient (Wildman–Crippen LogP) is 6.36. The summed E-state index contributed by atoms with van der Waals surface area (Å²) in [6, 6.07) is 27.5. The van der Waals surface area contributed by atoms with Crippen molar-refractivity contribution in [1.82, 2.24) is 9.80 Å². The van der Waals surface area contributed by atoms with Crippen molar-refractivity contribution in [2.45, 2.75) is 6.42 Å². The van der Waals surface area contributed by atoms with Gasteiger partial charge in [0.05, 0.1) is 23.7 Å². The molecule has 2 heterocycles. The Morgan fingerprint density at radius 3 is 2.43 bits per heavy atom. The fourth-order valence-electron chi connectivity index (χ4n) is 5.34. The van der Waals surface area contributed by atoms with Crippen molar-refractivity contribution in [3.8, 4) is 16.9 Å². The summed E-state index contributed by atoms with van der Waals surface area (Å²) in [5.41, 5.74) is 4.10. The van der Waals surface area contributed by atoms with Crippen molar-refractivity contribution in [2.75, 3.05) is 46.0 Å². The van der Waals surface area contributed by atoms with E-state index in [1.807, 2.05) is 24.3 Å². The molecule has 0 atom stereocenters. The van der Waals surface area contributed by atoms with E-state index in [1.54, 1.807) is 29.2 Å². The van der Waals surface area contributed by atoms with E-state index in [9.17, 15) is 9.59 Å². The molecule has 4 aromatic carbocycles. The van der Waals surface area contributed by atoms with Gasteiger partial charge in [0.1, 0.15) is 16.7 Å². The summed E-state index contributed by atoms with van der Waals surface area (Å²) in [5.74, 6) is -0.392. The topological polar surface area (TPSA) is 79.3 Å². The minimum Gasteiger partial charge on any atom is -0.492 e. The Hall–Kier alpha value is -4.02. The third-order valence-electron chi connectivity index (χ3n) is 7.85. The zero-order valence-electron chi connectivity index (χ0n) is 24.1. The maximum atomic E-state index is 13.5. The third-order valence-corrected chi connectivity index (χ3v) is 9.22. The first-order valence-electron chi connectivity index (χ1n) is 14.6. The van der Waals surface area contributed by atoms with Crippen LogP contribution in [0.3, 0.4) is 0 Å². The number of aromatic carboxylic acids is 1. The fraction of sp³-hybridized carbons (Fsp3) is 0.229. The molecule has 0 bridgehead atoms. The smallest absolute Gasteiger partial charge is 0.335 e. The highest BCUT2D eigenvalue weighted by molar-refractivity contribution is 8.26. The minimum atomic E-state index is -0.965. The Bertz CT molecular complexity index is 1730. The normalized spacial score (nSPS) is 16.6. The first-order chi connectivity index (χ1) is 21.4. The second kappa shape index (κ2) is 13.7. The number of morpholine rings is 1. The largest absolute Gasteiger partial charge is 0.492 e. The van der Waals surface area contributed by atoms with Gasteiger partial charge in [0.25, 0.3) is 5.91 Å². The van der Waals surface area contributed by atoms with Crippen LogP contribution in [0.2, 0.25) is 0 Å². The zero-order valence-corrected chi connectivity index (χ0v) is 25.7. The molecular formula is C35H32N2O5S2. The molecule has 2 fully saturated rings. The van der Waals surface area contributed by atoms with E-state index in [4.69, 9.17) is 26.8 Å². The number of carbonyl (C=O) groups excluding carboxylic acids is 1. The second-order valence-corrected chi connectivity index (χ2v) is 12.4. The molecule has 44 heavy (non-hydrogen) atoms. The average molecular weight is 625 g/mol. The summed E-state index contributed by atoms with van der Waals surface area (Å²) in [6.45, 7) is 4.99. The van der Waals surface area contributed by atoms with Gasteiger partial charge in [-0.2, -0.15) is 0 Å². The van der Waals surface area contributed by atoms with Crippen molar-refractivity contribution in [2.24, 2.45) is 0 Å². The Labute approximate surface area is 266 Å². The molecule has 0 spiro atoms. The number of hydrogen-bond acceptors (Lipinski definition) is 7. The molecule has 224 valence electrons. The highest BCUT2D eigenvalue weighted by Gasteiger charge is 2.32. The maximum Gasteiger partial charge on any atom is 0.335 e. The summed E-state index contributed by atoms with van der Waals surface area (Å²) in [6.07, 6.45) is 2.45. The number of ether oxygens (including phenoxy) is 2. The Kier molecular flexibility index (Phi) is 9.37. The first kappa shape index (κ1) is 30.0. The summed E-state index contributed by atoms with van der Waals surface area (Å²) < 4.78 is 12.3. The van der Waals surface area contributed by atoms with E-state index in [2.05, 4.69) is 47.4 Å². The summed E-state index contributed by atoms with van der Waals surface area (Å²) in [5, 5.41) is 11.5. The molecule has 0 saturated carbocycles. The molecule has 6 rings (SSSR count). The molecule has 4 aromatic rings. The highest BCUT2D eigenvalue weighted by Crippen LogP contribution is 2.36. The number of hydrogen-bond donors (Lipinski definition) is 1. The molecular weight excluding hydrogens is 593 g/mol. The SMILES string of the molecule is O=C(O)c1ccc(CCN2C(=O)/C(=C/c3cc(-c4ccc5ccccc5c4)ccc3OCCN3CCOCC3)SC2=S)cc1. The van der Waals surface area contributed by atoms with Crippen molar-refractivity contribution in [1.29, 1.82) is 0 Å². The summed E-state index contributed by atoms with van der Waals surface area (Å²) in [4.78, 5) is 29.2. The van der Waals surface area contributed by atoms with Gasteiger partial charge in [0, 0.05) is 31.7 Å². The number of carboxylic acid groups (broad SMARTS) is 1. The molecule has 0 aliphatic carbocycles. The number of carbonyl (C=O) groups is 2. The fourth-order valence-corrected chi connectivity index (χ4v) is 6.64. The first-order valence-corrected chi connectivity index (χ1v) is 15.8. The number of fused-ring (bicyclic) bond motifs is 1. The lowest BCUT2D eigenvalue weighted by atomic mass is 9.99. The molecule has 2 aliphatic rings. The number of amides is 1. The van der Waals surface area contributed by atoms with E-state index < -0.39 is 5.97 Å². The van der Waals surface area contributed by atoms with Gasteiger partial charge in [-0.15, -0.1) is 0 Å². The van der Waals surface area contributed by atoms with E-state index in [0.717, 1.165) is 60.5 Å². The molecule has 0 unspecified atom stereocenters. The summed E-state index contributed by atoms with van der Waals surface area (Å²) >= 11 is 6.90. The Morgan fingerprint density at radius 2 is 1.66 bits per heavy atom. The molecule has 0 radical (unpaired) electrons. The van der Waals surface area contributed by atoms with Crippen LogP contribution in [0.25, 0.3) is 28.0 Å². The number of thiocarbonyl (C=S) groups is 1. The van der Waals surface area contributed by atoms with Gasteiger partial charge in [-0.3, -0.25) is 14.6 Å². The highest BCUT2D eigenvalue weighted by atomic mass is 32.2. The lowest BCUT2D eigenvalue weighted by Crippen LogP contribution is -2.38. The van der Waals surface area contributed by atoms with E-state index in [-0.39, 0.29) is 11.5 Å². The van der Waals surface area contributed by atoms with Gasteiger partial charge in [-0.25, -0.2) is 4.79 Å². The van der Waals surface area contributed by atoms with Gasteiger partial charge in [-0.05, 0) is 70.3 Å². The third kappa shape index (κ3) is 7.03. The molecule has 0 aromatic heterocycles. The van der Waals surface area contributed by atoms with E-state index in [1.165, 1.54) is 17.1 Å². The lowest BCUT2D eigenvalue weighted by molar-refractivity contribution is -0.122. The van der Waals surface area contributed by atoms with Gasteiger partial charge >= 0.3 is 5.97 Å². The molecule has 7 nitrogen and oxygen atoms in total. The van der Waals surface area contributed by atoms with E-state index >= 15 is 0 Å². The number of nitrogens with zero attached hydrogens (tertiary/aromatic N) is 2. The van der Waals surface area contributed by atoms with Crippen molar-refractivity contribution >= 4 is 57.0 Å².